The maximum atomic E-state index is 12.9. The third-order valence-corrected chi connectivity index (χ3v) is 6.49. The lowest BCUT2D eigenvalue weighted by molar-refractivity contribution is 0.0712. The Balaban J connectivity index is 1.38. The highest BCUT2D eigenvalue weighted by Crippen LogP contribution is 2.34. The number of likely N-dealkylation sites (tertiary alicyclic amines) is 1. The summed E-state index contributed by atoms with van der Waals surface area (Å²) in [7, 11) is 0. The van der Waals surface area contributed by atoms with Crippen molar-refractivity contribution in [3.8, 4) is 5.75 Å². The highest BCUT2D eigenvalue weighted by Gasteiger charge is 2.26. The van der Waals surface area contributed by atoms with Crippen molar-refractivity contribution >= 4 is 27.5 Å². The van der Waals surface area contributed by atoms with Gasteiger partial charge in [-0.15, -0.1) is 11.3 Å². The molecule has 1 saturated heterocycles. The molecule has 1 fully saturated rings. The number of thiazole rings is 1. The molecule has 0 atom stereocenters. The van der Waals surface area contributed by atoms with Crippen molar-refractivity contribution in [2.24, 2.45) is 0 Å². The van der Waals surface area contributed by atoms with Gasteiger partial charge in [0.25, 0.3) is 5.91 Å². The Morgan fingerprint density at radius 1 is 1.18 bits per heavy atom. The number of carbonyl (C=O) groups excluding carboxylic acids is 1. The Labute approximate surface area is 170 Å². The molecule has 1 aromatic heterocycles. The first-order valence-electron chi connectivity index (χ1n) is 10.1. The van der Waals surface area contributed by atoms with E-state index in [2.05, 4.69) is 25.1 Å². The number of hydrogen-bond donors (Lipinski definition) is 0. The SMILES string of the molecule is CCCCOc1cccc(C(=O)N2CCC(c3nc4ccccc4s3)CC2)c1. The van der Waals surface area contributed by atoms with Gasteiger partial charge in [0.2, 0.25) is 0 Å². The quantitative estimate of drug-likeness (QED) is 0.519. The fourth-order valence-corrected chi connectivity index (χ4v) is 4.77. The van der Waals surface area contributed by atoms with Crippen LogP contribution in [-0.4, -0.2) is 35.5 Å². The minimum Gasteiger partial charge on any atom is -0.494 e. The monoisotopic (exact) mass is 394 g/mol. The summed E-state index contributed by atoms with van der Waals surface area (Å²) >= 11 is 1.79. The van der Waals surface area contributed by atoms with Crippen LogP contribution < -0.4 is 4.74 Å². The van der Waals surface area contributed by atoms with E-state index in [1.807, 2.05) is 35.2 Å². The smallest absolute Gasteiger partial charge is 0.253 e. The second kappa shape index (κ2) is 8.74. The first-order chi connectivity index (χ1) is 13.7. The largest absolute Gasteiger partial charge is 0.494 e. The van der Waals surface area contributed by atoms with Crippen LogP contribution in [0.3, 0.4) is 0 Å². The molecule has 0 bridgehead atoms. The van der Waals surface area contributed by atoms with Crippen LogP contribution in [0.5, 0.6) is 5.75 Å². The van der Waals surface area contributed by atoms with Gasteiger partial charge in [-0.05, 0) is 49.6 Å². The summed E-state index contributed by atoms with van der Waals surface area (Å²) in [5, 5.41) is 1.21. The molecule has 1 amide bonds. The average molecular weight is 395 g/mol. The minimum absolute atomic E-state index is 0.101. The summed E-state index contributed by atoms with van der Waals surface area (Å²) in [6.45, 7) is 4.39. The zero-order valence-electron chi connectivity index (χ0n) is 16.3. The Bertz CT molecular complexity index is 911. The van der Waals surface area contributed by atoms with E-state index < -0.39 is 0 Å². The summed E-state index contributed by atoms with van der Waals surface area (Å²) in [5.74, 6) is 1.33. The zero-order valence-corrected chi connectivity index (χ0v) is 17.1. The highest BCUT2D eigenvalue weighted by molar-refractivity contribution is 7.18. The Morgan fingerprint density at radius 2 is 2.00 bits per heavy atom. The van der Waals surface area contributed by atoms with Crippen LogP contribution in [0.15, 0.2) is 48.5 Å². The van der Waals surface area contributed by atoms with Crippen molar-refractivity contribution in [3.05, 3.63) is 59.1 Å². The van der Waals surface area contributed by atoms with Gasteiger partial charge in [0.1, 0.15) is 5.75 Å². The number of para-hydroxylation sites is 1. The fourth-order valence-electron chi connectivity index (χ4n) is 3.63. The molecule has 2 aromatic carbocycles. The van der Waals surface area contributed by atoms with Gasteiger partial charge >= 0.3 is 0 Å². The Kier molecular flexibility index (Phi) is 5.91. The topological polar surface area (TPSA) is 42.4 Å². The van der Waals surface area contributed by atoms with Crippen molar-refractivity contribution < 1.29 is 9.53 Å². The third-order valence-electron chi connectivity index (χ3n) is 5.29. The van der Waals surface area contributed by atoms with Crippen molar-refractivity contribution in [3.63, 3.8) is 0 Å². The molecule has 5 heteroatoms. The van der Waals surface area contributed by atoms with E-state index in [0.717, 1.165) is 50.0 Å². The molecule has 146 valence electrons. The summed E-state index contributed by atoms with van der Waals surface area (Å²) in [6.07, 6.45) is 4.07. The molecule has 4 rings (SSSR count). The number of nitrogens with zero attached hydrogens (tertiary/aromatic N) is 2. The van der Waals surface area contributed by atoms with Gasteiger partial charge in [-0.2, -0.15) is 0 Å². The normalized spacial score (nSPS) is 15.1. The third kappa shape index (κ3) is 4.20. The molecule has 28 heavy (non-hydrogen) atoms. The summed E-state index contributed by atoms with van der Waals surface area (Å²) in [6, 6.07) is 15.9. The van der Waals surface area contributed by atoms with E-state index in [-0.39, 0.29) is 5.91 Å². The average Bonchev–Trinajstić information content (AvgIpc) is 3.18. The lowest BCUT2D eigenvalue weighted by atomic mass is 9.97. The fraction of sp³-hybridized carbons (Fsp3) is 0.391. The van der Waals surface area contributed by atoms with Gasteiger partial charge in [0.05, 0.1) is 21.8 Å². The first kappa shape index (κ1) is 18.9. The summed E-state index contributed by atoms with van der Waals surface area (Å²) in [5.41, 5.74) is 1.80. The lowest BCUT2D eigenvalue weighted by Gasteiger charge is -2.31. The van der Waals surface area contributed by atoms with Crippen LogP contribution in [0.4, 0.5) is 0 Å². The lowest BCUT2D eigenvalue weighted by Crippen LogP contribution is -2.37. The Morgan fingerprint density at radius 3 is 2.79 bits per heavy atom. The van der Waals surface area contributed by atoms with Crippen LogP contribution >= 0.6 is 11.3 Å². The number of amides is 1. The molecule has 1 aliphatic heterocycles. The summed E-state index contributed by atoms with van der Waals surface area (Å²) in [4.78, 5) is 19.7. The van der Waals surface area contributed by atoms with Crippen molar-refractivity contribution in [1.82, 2.24) is 9.88 Å². The van der Waals surface area contributed by atoms with Gasteiger partial charge in [0, 0.05) is 24.6 Å². The van der Waals surface area contributed by atoms with Gasteiger partial charge in [-0.25, -0.2) is 4.98 Å². The van der Waals surface area contributed by atoms with Crippen molar-refractivity contribution in [2.75, 3.05) is 19.7 Å². The number of aromatic nitrogens is 1. The van der Waals surface area contributed by atoms with Crippen LogP contribution in [0.2, 0.25) is 0 Å². The number of carbonyl (C=O) groups is 1. The van der Waals surface area contributed by atoms with E-state index in [9.17, 15) is 4.79 Å². The van der Waals surface area contributed by atoms with Crippen LogP contribution in [0, 0.1) is 0 Å². The van der Waals surface area contributed by atoms with Gasteiger partial charge in [0.15, 0.2) is 0 Å². The molecule has 0 N–H and O–H groups in total. The number of hydrogen-bond acceptors (Lipinski definition) is 4. The van der Waals surface area contributed by atoms with Crippen LogP contribution in [0.25, 0.3) is 10.2 Å². The minimum atomic E-state index is 0.101. The van der Waals surface area contributed by atoms with Crippen LogP contribution in [0.1, 0.15) is 53.9 Å². The predicted molar refractivity (Wildman–Crippen MR) is 114 cm³/mol. The predicted octanol–water partition coefficient (Wildman–Crippen LogP) is 5.50. The summed E-state index contributed by atoms with van der Waals surface area (Å²) < 4.78 is 7.00. The second-order valence-corrected chi connectivity index (χ2v) is 8.38. The molecule has 0 unspecified atom stereocenters. The number of fused-ring (bicyclic) bond motifs is 1. The number of unbranched alkanes of at least 4 members (excludes halogenated alkanes) is 1. The van der Waals surface area contributed by atoms with E-state index in [4.69, 9.17) is 9.72 Å². The maximum absolute atomic E-state index is 12.9. The molecular formula is C23H26N2O2S. The van der Waals surface area contributed by atoms with Gasteiger partial charge < -0.3 is 9.64 Å². The maximum Gasteiger partial charge on any atom is 0.253 e. The standard InChI is InChI=1S/C23H26N2O2S/c1-2-3-15-27-19-8-6-7-18(16-19)23(26)25-13-11-17(12-14-25)22-24-20-9-4-5-10-21(20)28-22/h4-10,16-17H,2-3,11-15H2,1H3. The number of ether oxygens (including phenoxy) is 1. The van der Waals surface area contributed by atoms with E-state index in [0.29, 0.717) is 18.1 Å². The van der Waals surface area contributed by atoms with Gasteiger partial charge in [-0.3, -0.25) is 4.79 Å². The van der Waals surface area contributed by atoms with E-state index in [1.165, 1.54) is 9.71 Å². The molecule has 0 spiro atoms. The number of rotatable bonds is 6. The molecule has 0 saturated carbocycles. The zero-order chi connectivity index (χ0) is 19.3. The number of benzene rings is 2. The molecule has 2 heterocycles. The van der Waals surface area contributed by atoms with Crippen molar-refractivity contribution in [2.45, 2.75) is 38.5 Å². The molecule has 4 nitrogen and oxygen atoms in total. The van der Waals surface area contributed by atoms with E-state index >= 15 is 0 Å². The molecule has 0 aliphatic carbocycles. The molecular weight excluding hydrogens is 368 g/mol. The molecule has 1 aliphatic rings. The highest BCUT2D eigenvalue weighted by atomic mass is 32.1. The first-order valence-corrected chi connectivity index (χ1v) is 10.9. The van der Waals surface area contributed by atoms with Crippen molar-refractivity contribution in [1.29, 1.82) is 0 Å². The molecule has 3 aromatic rings. The van der Waals surface area contributed by atoms with E-state index in [1.54, 1.807) is 11.3 Å². The Hall–Kier alpha value is -2.40. The van der Waals surface area contributed by atoms with Gasteiger partial charge in [-0.1, -0.05) is 31.5 Å². The molecule has 0 radical (unpaired) electrons. The van der Waals surface area contributed by atoms with Crippen LogP contribution in [-0.2, 0) is 0 Å². The number of piperidine rings is 1. The second-order valence-electron chi connectivity index (χ2n) is 7.32.